The van der Waals surface area contributed by atoms with Gasteiger partial charge in [-0.2, -0.15) is 13.2 Å². The van der Waals surface area contributed by atoms with E-state index in [-0.39, 0.29) is 23.4 Å². The third-order valence-electron chi connectivity index (χ3n) is 8.45. The maximum atomic E-state index is 13.3. The van der Waals surface area contributed by atoms with E-state index in [4.69, 9.17) is 7.85 Å². The van der Waals surface area contributed by atoms with Gasteiger partial charge in [0.05, 0.1) is 17.3 Å². The van der Waals surface area contributed by atoms with Gasteiger partial charge >= 0.3 is 6.18 Å². The first-order valence-electron chi connectivity index (χ1n) is 14.1. The Labute approximate surface area is 237 Å². The molecule has 2 aliphatic rings. The number of benzene rings is 1. The maximum Gasteiger partial charge on any atom is 0.416 e. The van der Waals surface area contributed by atoms with E-state index in [2.05, 4.69) is 35.6 Å². The van der Waals surface area contributed by atoms with Gasteiger partial charge in [0.25, 0.3) is 0 Å². The van der Waals surface area contributed by atoms with E-state index in [1.165, 1.54) is 12.1 Å². The van der Waals surface area contributed by atoms with E-state index >= 15 is 0 Å². The largest absolute Gasteiger partial charge is 0.416 e. The fourth-order valence-corrected chi connectivity index (χ4v) is 6.10. The van der Waals surface area contributed by atoms with Gasteiger partial charge < -0.3 is 10.0 Å². The molecule has 2 radical (unpaired) electrons. The van der Waals surface area contributed by atoms with Crippen molar-refractivity contribution >= 4 is 19.2 Å². The van der Waals surface area contributed by atoms with Crippen molar-refractivity contribution in [2.75, 3.05) is 32.7 Å². The Kier molecular flexibility index (Phi) is 9.32. The van der Waals surface area contributed by atoms with Crippen LogP contribution in [-0.4, -0.2) is 83.5 Å². The zero-order valence-electron chi connectivity index (χ0n) is 23.9. The number of pyridine rings is 1. The summed E-state index contributed by atoms with van der Waals surface area (Å²) < 4.78 is 39.8. The average molecular weight is 556 g/mol. The fraction of sp³-hybridized carbons (Fsp3) is 0.600. The van der Waals surface area contributed by atoms with E-state index < -0.39 is 18.0 Å². The lowest BCUT2D eigenvalue weighted by Crippen LogP contribution is -2.61. The number of alkyl halides is 3. The topological polar surface area (TPSA) is 59.9 Å². The summed E-state index contributed by atoms with van der Waals surface area (Å²) in [5.41, 5.74) is 1.10. The van der Waals surface area contributed by atoms with Gasteiger partial charge in [-0.15, -0.1) is 0 Å². The highest BCUT2D eigenvalue weighted by Gasteiger charge is 2.41. The molecule has 216 valence electrons. The van der Waals surface area contributed by atoms with Crippen LogP contribution in [-0.2, 0) is 11.0 Å². The molecular formula is C30H40BF3N4O2. The summed E-state index contributed by atoms with van der Waals surface area (Å²) >= 11 is 0. The summed E-state index contributed by atoms with van der Waals surface area (Å²) in [4.78, 5) is 22.6. The van der Waals surface area contributed by atoms with Crippen LogP contribution in [0, 0.1) is 11.3 Å². The number of amides is 1. The number of aliphatic hydroxyl groups excluding tert-OH is 1. The molecule has 6 nitrogen and oxygen atoms in total. The predicted octanol–water partition coefficient (Wildman–Crippen LogP) is 3.98. The van der Waals surface area contributed by atoms with Gasteiger partial charge in [0.15, 0.2) is 0 Å². The van der Waals surface area contributed by atoms with Crippen LogP contribution in [0.25, 0.3) is 0 Å². The Balaban J connectivity index is 1.55. The molecule has 0 saturated carbocycles. The number of rotatable bonds is 6. The van der Waals surface area contributed by atoms with E-state index in [0.717, 1.165) is 43.6 Å². The van der Waals surface area contributed by atoms with Gasteiger partial charge in [0.2, 0.25) is 5.91 Å². The quantitative estimate of drug-likeness (QED) is 0.546. The van der Waals surface area contributed by atoms with Crippen LogP contribution in [0.2, 0.25) is 0 Å². The number of nitrogens with zero attached hydrogens (tertiary/aromatic N) is 4. The van der Waals surface area contributed by atoms with Crippen molar-refractivity contribution in [3.05, 3.63) is 59.4 Å². The lowest BCUT2D eigenvalue weighted by Gasteiger charge is -2.51. The second-order valence-electron chi connectivity index (χ2n) is 12.3. The summed E-state index contributed by atoms with van der Waals surface area (Å²) in [5, 5.41) is 11.4. The van der Waals surface area contributed by atoms with Crippen molar-refractivity contribution in [1.29, 1.82) is 0 Å². The van der Waals surface area contributed by atoms with Crippen molar-refractivity contribution in [3.8, 4) is 0 Å². The summed E-state index contributed by atoms with van der Waals surface area (Å²) in [5.74, 6) is 0.448. The maximum absolute atomic E-state index is 13.3. The van der Waals surface area contributed by atoms with E-state index in [9.17, 15) is 23.1 Å². The highest BCUT2D eigenvalue weighted by molar-refractivity contribution is 6.32. The Morgan fingerprint density at radius 2 is 1.70 bits per heavy atom. The number of likely N-dealkylation sites (tertiary alicyclic amines) is 1. The fourth-order valence-electron chi connectivity index (χ4n) is 6.10. The molecule has 4 rings (SSSR count). The molecule has 0 spiro atoms. The molecule has 2 unspecified atom stereocenters. The van der Waals surface area contributed by atoms with E-state index in [1.807, 2.05) is 11.0 Å². The molecule has 40 heavy (non-hydrogen) atoms. The van der Waals surface area contributed by atoms with Gasteiger partial charge in [0, 0.05) is 51.9 Å². The Morgan fingerprint density at radius 1 is 1.05 bits per heavy atom. The molecule has 1 aromatic heterocycles. The first-order valence-corrected chi connectivity index (χ1v) is 14.1. The molecule has 2 fully saturated rings. The summed E-state index contributed by atoms with van der Waals surface area (Å²) in [7, 11) is 5.89. The first-order chi connectivity index (χ1) is 18.7. The summed E-state index contributed by atoms with van der Waals surface area (Å²) in [6.45, 7) is 11.4. The standard InChI is InChI=1S/C30H40BF3N4O2/c1-20(39)36-13-11-21(12-14-36)17-27(40)38-16-15-37(19-26(38)29(2,3)4)28(25-10-9-24(31)18-35-25)22-5-7-23(8-6-22)30(32,33)34/h5-10,18,21,26-28,40H,11-17,19H2,1-4H3/t26-,27?,28?/m1/s1. The number of halogens is 3. The van der Waals surface area contributed by atoms with E-state index in [1.54, 1.807) is 19.2 Å². The molecule has 1 N–H and O–H groups in total. The molecule has 2 saturated heterocycles. The monoisotopic (exact) mass is 556 g/mol. The summed E-state index contributed by atoms with van der Waals surface area (Å²) in [6.07, 6.45) is -1.02. The Bertz CT molecular complexity index is 1130. The highest BCUT2D eigenvalue weighted by Crippen LogP contribution is 2.37. The zero-order valence-corrected chi connectivity index (χ0v) is 23.9. The van der Waals surface area contributed by atoms with Crippen LogP contribution < -0.4 is 5.46 Å². The van der Waals surface area contributed by atoms with Crippen molar-refractivity contribution in [3.63, 3.8) is 0 Å². The van der Waals surface area contributed by atoms with Gasteiger partial charge in [-0.05, 0) is 54.4 Å². The van der Waals surface area contributed by atoms with Crippen LogP contribution in [0.3, 0.4) is 0 Å². The highest BCUT2D eigenvalue weighted by atomic mass is 19.4. The molecule has 1 aromatic carbocycles. The van der Waals surface area contributed by atoms with Crippen molar-refractivity contribution < 1.29 is 23.1 Å². The number of hydrogen-bond donors (Lipinski definition) is 1. The molecule has 0 aliphatic carbocycles. The van der Waals surface area contributed by atoms with Crippen molar-refractivity contribution in [2.24, 2.45) is 11.3 Å². The zero-order chi connectivity index (χ0) is 29.2. The number of carbonyl (C=O) groups is 1. The third-order valence-corrected chi connectivity index (χ3v) is 8.45. The molecule has 2 aliphatic heterocycles. The number of piperidine rings is 1. The number of aromatic nitrogens is 1. The third kappa shape index (κ3) is 7.25. The SMILES string of the molecule is [B]c1ccc(C(c2ccc(C(F)(F)F)cc2)N2CCN(C(O)CC3CCN(C(C)=O)CC3)[C@@H](C(C)(C)C)C2)nc1. The number of aliphatic hydroxyl groups is 1. The normalized spacial score (nSPS) is 21.8. The lowest BCUT2D eigenvalue weighted by atomic mass is 9.82. The molecule has 2 aromatic rings. The minimum absolute atomic E-state index is 0.000659. The van der Waals surface area contributed by atoms with Crippen LogP contribution >= 0.6 is 0 Å². The van der Waals surface area contributed by atoms with Gasteiger partial charge in [-0.3, -0.25) is 19.6 Å². The van der Waals surface area contributed by atoms with Gasteiger partial charge in [0.1, 0.15) is 14.1 Å². The second kappa shape index (κ2) is 12.2. The molecule has 1 amide bonds. The minimum Gasteiger partial charge on any atom is -0.378 e. The van der Waals surface area contributed by atoms with Gasteiger partial charge in [-0.25, -0.2) is 0 Å². The molecule has 3 atom stereocenters. The smallest absolute Gasteiger partial charge is 0.378 e. The number of carbonyl (C=O) groups excluding carboxylic acids is 1. The first kappa shape index (κ1) is 30.5. The molecule has 10 heteroatoms. The van der Waals surface area contributed by atoms with Crippen molar-refractivity contribution in [2.45, 2.75) is 71.4 Å². The molecule has 3 heterocycles. The lowest BCUT2D eigenvalue weighted by molar-refractivity contribution is -0.137. The molecule has 0 bridgehead atoms. The number of piperazine rings is 1. The minimum atomic E-state index is -4.41. The van der Waals surface area contributed by atoms with Crippen LogP contribution in [0.4, 0.5) is 13.2 Å². The summed E-state index contributed by atoms with van der Waals surface area (Å²) in [6, 6.07) is 8.55. The van der Waals surface area contributed by atoms with Crippen LogP contribution in [0.15, 0.2) is 42.6 Å². The number of hydrogen-bond acceptors (Lipinski definition) is 5. The van der Waals surface area contributed by atoms with Crippen LogP contribution in [0.5, 0.6) is 0 Å². The second-order valence-corrected chi connectivity index (χ2v) is 12.3. The van der Waals surface area contributed by atoms with Crippen molar-refractivity contribution in [1.82, 2.24) is 19.7 Å². The Hall–Kier alpha value is -2.43. The van der Waals surface area contributed by atoms with Gasteiger partial charge in [-0.1, -0.05) is 44.4 Å². The van der Waals surface area contributed by atoms with E-state index in [0.29, 0.717) is 43.1 Å². The average Bonchev–Trinajstić information content (AvgIpc) is 2.89. The predicted molar refractivity (Wildman–Crippen MR) is 150 cm³/mol. The molecular weight excluding hydrogens is 516 g/mol. The van der Waals surface area contributed by atoms with Crippen LogP contribution in [0.1, 0.15) is 69.8 Å². The Morgan fingerprint density at radius 3 is 2.23 bits per heavy atom.